The summed E-state index contributed by atoms with van der Waals surface area (Å²) in [6, 6.07) is 4.03. The highest BCUT2D eigenvalue weighted by Gasteiger charge is 2.14. The monoisotopic (exact) mass is 285 g/mol. The van der Waals surface area contributed by atoms with E-state index in [4.69, 9.17) is 9.47 Å². The zero-order valence-corrected chi connectivity index (χ0v) is 11.0. The van der Waals surface area contributed by atoms with Crippen LogP contribution in [0.5, 0.6) is 11.5 Å². The van der Waals surface area contributed by atoms with Crippen LogP contribution in [0.25, 0.3) is 0 Å². The van der Waals surface area contributed by atoms with Gasteiger partial charge in [-0.15, -0.1) is 0 Å². The molecule has 0 bridgehead atoms. The van der Waals surface area contributed by atoms with Gasteiger partial charge in [0.25, 0.3) is 0 Å². The molecular formula is C12H16BrNO2. The van der Waals surface area contributed by atoms with Crippen LogP contribution < -0.4 is 14.8 Å². The summed E-state index contributed by atoms with van der Waals surface area (Å²) in [6.07, 6.45) is 1.14. The Balaban J connectivity index is 2.12. The molecule has 0 fully saturated rings. The molecule has 0 amide bonds. The van der Waals surface area contributed by atoms with Gasteiger partial charge in [0.1, 0.15) is 13.2 Å². The maximum atomic E-state index is 5.55. The number of nitrogens with one attached hydrogen (secondary N) is 1. The predicted molar refractivity (Wildman–Crippen MR) is 67.1 cm³/mol. The van der Waals surface area contributed by atoms with Gasteiger partial charge in [-0.1, -0.05) is 22.9 Å². The lowest BCUT2D eigenvalue weighted by molar-refractivity contribution is 0.171. The SMILES string of the molecule is CCCNCc1cc2c(cc1Br)OCCO2. The van der Waals surface area contributed by atoms with Crippen molar-refractivity contribution in [1.29, 1.82) is 0 Å². The van der Waals surface area contributed by atoms with Crippen LogP contribution in [0.15, 0.2) is 16.6 Å². The van der Waals surface area contributed by atoms with Crippen molar-refractivity contribution in [3.63, 3.8) is 0 Å². The van der Waals surface area contributed by atoms with E-state index in [0.29, 0.717) is 13.2 Å². The van der Waals surface area contributed by atoms with Crippen LogP contribution in [0.3, 0.4) is 0 Å². The summed E-state index contributed by atoms with van der Waals surface area (Å²) in [6.45, 7) is 5.31. The summed E-state index contributed by atoms with van der Waals surface area (Å²) in [4.78, 5) is 0. The van der Waals surface area contributed by atoms with Crippen LogP contribution in [0, 0.1) is 0 Å². The van der Waals surface area contributed by atoms with E-state index in [2.05, 4.69) is 28.2 Å². The summed E-state index contributed by atoms with van der Waals surface area (Å²) in [7, 11) is 0. The molecule has 1 N–H and O–H groups in total. The van der Waals surface area contributed by atoms with Gasteiger partial charge in [-0.25, -0.2) is 0 Å². The molecule has 0 aliphatic carbocycles. The van der Waals surface area contributed by atoms with Crippen LogP contribution in [0.2, 0.25) is 0 Å². The lowest BCUT2D eigenvalue weighted by atomic mass is 10.2. The number of rotatable bonds is 4. The third kappa shape index (κ3) is 2.68. The lowest BCUT2D eigenvalue weighted by Gasteiger charge is -2.20. The third-order valence-electron chi connectivity index (χ3n) is 2.45. The number of fused-ring (bicyclic) bond motifs is 1. The van der Waals surface area contributed by atoms with Gasteiger partial charge in [0.15, 0.2) is 11.5 Å². The molecule has 0 spiro atoms. The van der Waals surface area contributed by atoms with Gasteiger partial charge in [0, 0.05) is 11.0 Å². The van der Waals surface area contributed by atoms with Gasteiger partial charge in [-0.3, -0.25) is 0 Å². The highest BCUT2D eigenvalue weighted by Crippen LogP contribution is 2.35. The first kappa shape index (κ1) is 11.7. The molecule has 0 saturated carbocycles. The van der Waals surface area contributed by atoms with Crippen molar-refractivity contribution in [3.05, 3.63) is 22.2 Å². The zero-order valence-electron chi connectivity index (χ0n) is 9.38. The first-order valence-electron chi connectivity index (χ1n) is 5.60. The Bertz CT molecular complexity index is 368. The van der Waals surface area contributed by atoms with E-state index in [0.717, 1.165) is 35.5 Å². The van der Waals surface area contributed by atoms with Crippen molar-refractivity contribution in [2.45, 2.75) is 19.9 Å². The second-order valence-electron chi connectivity index (χ2n) is 3.76. The molecule has 0 saturated heterocycles. The molecule has 88 valence electrons. The van der Waals surface area contributed by atoms with Gasteiger partial charge < -0.3 is 14.8 Å². The quantitative estimate of drug-likeness (QED) is 0.863. The normalized spacial score (nSPS) is 13.9. The van der Waals surface area contributed by atoms with Crippen LogP contribution in [0.4, 0.5) is 0 Å². The molecule has 1 aromatic rings. The first-order chi connectivity index (χ1) is 7.81. The maximum absolute atomic E-state index is 5.55. The molecule has 0 radical (unpaired) electrons. The van der Waals surface area contributed by atoms with Crippen molar-refractivity contribution >= 4 is 15.9 Å². The number of hydrogen-bond acceptors (Lipinski definition) is 3. The molecule has 0 unspecified atom stereocenters. The average molecular weight is 286 g/mol. The van der Waals surface area contributed by atoms with E-state index in [1.165, 1.54) is 5.56 Å². The van der Waals surface area contributed by atoms with Crippen molar-refractivity contribution in [3.8, 4) is 11.5 Å². The summed E-state index contributed by atoms with van der Waals surface area (Å²) in [5.41, 5.74) is 1.21. The van der Waals surface area contributed by atoms with E-state index in [1.807, 2.05) is 12.1 Å². The minimum Gasteiger partial charge on any atom is -0.486 e. The van der Waals surface area contributed by atoms with Crippen molar-refractivity contribution in [1.82, 2.24) is 5.32 Å². The Labute approximate surface area is 104 Å². The zero-order chi connectivity index (χ0) is 11.4. The fraction of sp³-hybridized carbons (Fsp3) is 0.500. The number of benzene rings is 1. The minimum absolute atomic E-state index is 0.632. The second-order valence-corrected chi connectivity index (χ2v) is 4.62. The average Bonchev–Trinajstić information content (AvgIpc) is 2.30. The third-order valence-corrected chi connectivity index (χ3v) is 3.19. The topological polar surface area (TPSA) is 30.5 Å². The lowest BCUT2D eigenvalue weighted by Crippen LogP contribution is -2.17. The van der Waals surface area contributed by atoms with E-state index >= 15 is 0 Å². The Morgan fingerprint density at radius 3 is 2.62 bits per heavy atom. The fourth-order valence-corrected chi connectivity index (χ4v) is 2.10. The van der Waals surface area contributed by atoms with Crippen molar-refractivity contribution in [2.24, 2.45) is 0 Å². The molecule has 1 heterocycles. The minimum atomic E-state index is 0.632. The molecule has 4 heteroatoms. The smallest absolute Gasteiger partial charge is 0.162 e. The summed E-state index contributed by atoms with van der Waals surface area (Å²) in [5.74, 6) is 1.68. The van der Waals surface area contributed by atoms with E-state index in [1.54, 1.807) is 0 Å². The van der Waals surface area contributed by atoms with Gasteiger partial charge >= 0.3 is 0 Å². The van der Waals surface area contributed by atoms with Crippen molar-refractivity contribution in [2.75, 3.05) is 19.8 Å². The van der Waals surface area contributed by atoms with Crippen LogP contribution >= 0.6 is 15.9 Å². The molecular weight excluding hydrogens is 270 g/mol. The standard InChI is InChI=1S/C12H16BrNO2/c1-2-3-14-8-9-6-11-12(7-10(9)13)16-5-4-15-11/h6-7,14H,2-5,8H2,1H3. The molecule has 1 aliphatic rings. The van der Waals surface area contributed by atoms with Crippen LogP contribution in [-0.4, -0.2) is 19.8 Å². The van der Waals surface area contributed by atoms with Gasteiger partial charge in [0.2, 0.25) is 0 Å². The molecule has 0 aromatic heterocycles. The molecule has 2 rings (SSSR count). The Kier molecular flexibility index (Phi) is 4.07. The molecule has 1 aliphatic heterocycles. The molecule has 0 atom stereocenters. The Morgan fingerprint density at radius 1 is 1.25 bits per heavy atom. The second kappa shape index (κ2) is 5.55. The number of ether oxygens (including phenoxy) is 2. The number of halogens is 1. The highest BCUT2D eigenvalue weighted by atomic mass is 79.9. The van der Waals surface area contributed by atoms with Gasteiger partial charge in [0.05, 0.1) is 0 Å². The van der Waals surface area contributed by atoms with Gasteiger partial charge in [-0.05, 0) is 30.7 Å². The van der Waals surface area contributed by atoms with Crippen LogP contribution in [0.1, 0.15) is 18.9 Å². The molecule has 3 nitrogen and oxygen atoms in total. The van der Waals surface area contributed by atoms with Gasteiger partial charge in [-0.2, -0.15) is 0 Å². The maximum Gasteiger partial charge on any atom is 0.162 e. The first-order valence-corrected chi connectivity index (χ1v) is 6.39. The van der Waals surface area contributed by atoms with Crippen molar-refractivity contribution < 1.29 is 9.47 Å². The van der Waals surface area contributed by atoms with E-state index in [-0.39, 0.29) is 0 Å². The highest BCUT2D eigenvalue weighted by molar-refractivity contribution is 9.10. The van der Waals surface area contributed by atoms with Crippen LogP contribution in [-0.2, 0) is 6.54 Å². The Hall–Kier alpha value is -0.740. The van der Waals surface area contributed by atoms with E-state index in [9.17, 15) is 0 Å². The molecule has 16 heavy (non-hydrogen) atoms. The fourth-order valence-electron chi connectivity index (χ4n) is 1.64. The largest absolute Gasteiger partial charge is 0.486 e. The summed E-state index contributed by atoms with van der Waals surface area (Å²) >= 11 is 3.55. The van der Waals surface area contributed by atoms with E-state index < -0.39 is 0 Å². The predicted octanol–water partition coefficient (Wildman–Crippen LogP) is 2.72. The summed E-state index contributed by atoms with van der Waals surface area (Å²) < 4.78 is 12.1. The molecule has 1 aromatic carbocycles. The summed E-state index contributed by atoms with van der Waals surface area (Å²) in [5, 5.41) is 3.37. The Morgan fingerprint density at radius 2 is 1.94 bits per heavy atom. The number of hydrogen-bond donors (Lipinski definition) is 1.